The third kappa shape index (κ3) is 11.5. The van der Waals surface area contributed by atoms with E-state index < -0.39 is 48.8 Å². The average Bonchev–Trinajstić information content (AvgIpc) is 2.99. The lowest BCUT2D eigenvalue weighted by Gasteiger charge is -2.35. The molecule has 46 heavy (non-hydrogen) atoms. The van der Waals surface area contributed by atoms with Crippen LogP contribution in [0, 0.1) is 0 Å². The van der Waals surface area contributed by atoms with Crippen LogP contribution in [0.1, 0.15) is 26.7 Å². The highest BCUT2D eigenvalue weighted by molar-refractivity contribution is 7.99. The van der Waals surface area contributed by atoms with Crippen LogP contribution in [0.4, 0.5) is 18.9 Å². The van der Waals surface area contributed by atoms with Crippen LogP contribution in [-0.4, -0.2) is 103 Å². The van der Waals surface area contributed by atoms with Gasteiger partial charge in [-0.15, -0.1) is 11.8 Å². The molecular formula is C28H42F3N4O7PS3. The highest BCUT2D eigenvalue weighted by atomic mass is 32.2. The van der Waals surface area contributed by atoms with Crippen LogP contribution < -0.4 is 10.5 Å². The molecule has 0 radical (unpaired) electrons. The van der Waals surface area contributed by atoms with Crippen molar-refractivity contribution in [2.75, 3.05) is 69.7 Å². The van der Waals surface area contributed by atoms with Gasteiger partial charge >= 0.3 is 13.1 Å². The lowest BCUT2D eigenvalue weighted by atomic mass is 10.2. The second kappa shape index (κ2) is 17.1. The van der Waals surface area contributed by atoms with Crippen molar-refractivity contribution >= 4 is 44.9 Å². The minimum absolute atomic E-state index is 0.316. The maximum absolute atomic E-state index is 13.6. The number of hydrogen-bond acceptors (Lipinski definition) is 11. The molecule has 0 bridgehead atoms. The smallest absolute Gasteiger partial charge is 0.380 e. The molecule has 1 heterocycles. The van der Waals surface area contributed by atoms with Crippen LogP contribution >= 0.6 is 19.4 Å². The summed E-state index contributed by atoms with van der Waals surface area (Å²) in [6.07, 6.45) is 1.47. The van der Waals surface area contributed by atoms with Gasteiger partial charge in [0.25, 0.3) is 9.84 Å². The van der Waals surface area contributed by atoms with Crippen molar-refractivity contribution in [3.05, 3.63) is 48.5 Å². The van der Waals surface area contributed by atoms with Gasteiger partial charge in [-0.2, -0.15) is 13.2 Å². The van der Waals surface area contributed by atoms with E-state index in [0.29, 0.717) is 50.6 Å². The highest BCUT2D eigenvalue weighted by Gasteiger charge is 2.48. The molecule has 0 aromatic heterocycles. The number of hydrogen-bond donors (Lipinski definition) is 2. The lowest BCUT2D eigenvalue weighted by Crippen LogP contribution is -2.47. The molecule has 2 aromatic carbocycles. The zero-order chi connectivity index (χ0) is 34.0. The van der Waals surface area contributed by atoms with Gasteiger partial charge in [-0.25, -0.2) is 22.0 Å². The summed E-state index contributed by atoms with van der Waals surface area (Å²) in [6.45, 7) is 8.53. The predicted octanol–water partition coefficient (Wildman–Crippen LogP) is 4.86. The minimum atomic E-state index is -5.91. The first-order chi connectivity index (χ1) is 21.6. The minimum Gasteiger partial charge on any atom is -0.380 e. The molecule has 260 valence electrons. The summed E-state index contributed by atoms with van der Waals surface area (Å²) in [4.78, 5) is 3.47. The van der Waals surface area contributed by atoms with Gasteiger partial charge in [0.05, 0.1) is 30.0 Å². The summed E-state index contributed by atoms with van der Waals surface area (Å²) >= 11 is 1.46. The van der Waals surface area contributed by atoms with Crippen LogP contribution in [-0.2, 0) is 33.5 Å². The Balaban J connectivity index is 1.70. The largest absolute Gasteiger partial charge is 0.501 e. The van der Waals surface area contributed by atoms with Gasteiger partial charge in [0.2, 0.25) is 10.0 Å². The van der Waals surface area contributed by atoms with Gasteiger partial charge in [0, 0.05) is 49.4 Å². The van der Waals surface area contributed by atoms with E-state index in [0.717, 1.165) is 49.8 Å². The Morgan fingerprint density at radius 3 is 2.09 bits per heavy atom. The monoisotopic (exact) mass is 730 g/mol. The molecule has 3 rings (SSSR count). The number of nitrogens with two attached hydrogens (primary N) is 1. The number of nitrogens with zero attached hydrogens (tertiary/aromatic N) is 2. The van der Waals surface area contributed by atoms with Crippen molar-refractivity contribution in [1.29, 1.82) is 0 Å². The van der Waals surface area contributed by atoms with E-state index in [1.165, 1.54) is 11.8 Å². The number of anilines is 1. The average molecular weight is 731 g/mol. The number of sulfonamides is 1. The molecule has 0 spiro atoms. The molecule has 2 aromatic rings. The number of primary sulfonamides is 1. The van der Waals surface area contributed by atoms with Gasteiger partial charge < -0.3 is 24.2 Å². The summed E-state index contributed by atoms with van der Waals surface area (Å²) < 4.78 is 113. The summed E-state index contributed by atoms with van der Waals surface area (Å²) in [7, 11) is -13.5. The Hall–Kier alpha value is -1.69. The Morgan fingerprint density at radius 1 is 0.957 bits per heavy atom. The second-order valence-corrected chi connectivity index (χ2v) is 17.4. The van der Waals surface area contributed by atoms with Gasteiger partial charge in [-0.3, -0.25) is 4.57 Å². The SMILES string of the molecule is CCOP(=O)(CCCN1CCN(CCC(CSc2ccccc2)Nc2ccc(S(N)(=O)=O)cc2S(=O)(=O)C(F)(F)F)CC1)OCC. The second-order valence-electron chi connectivity index (χ2n) is 10.6. The van der Waals surface area contributed by atoms with Gasteiger partial charge in [0.1, 0.15) is 4.90 Å². The highest BCUT2D eigenvalue weighted by Crippen LogP contribution is 2.48. The molecule has 3 N–H and O–H groups in total. The van der Waals surface area contributed by atoms with Crippen molar-refractivity contribution in [3.8, 4) is 0 Å². The third-order valence-corrected chi connectivity index (χ3v) is 13.0. The molecular weight excluding hydrogens is 688 g/mol. The van der Waals surface area contributed by atoms with E-state index in [4.69, 9.17) is 14.2 Å². The molecule has 18 heteroatoms. The van der Waals surface area contributed by atoms with Crippen LogP contribution in [0.25, 0.3) is 0 Å². The fourth-order valence-electron chi connectivity index (χ4n) is 4.90. The number of thioether (sulfide) groups is 1. The molecule has 1 aliphatic heterocycles. The molecule has 1 saturated heterocycles. The number of nitrogens with one attached hydrogen (secondary N) is 1. The van der Waals surface area contributed by atoms with Crippen molar-refractivity contribution in [3.63, 3.8) is 0 Å². The van der Waals surface area contributed by atoms with Crippen LogP contribution in [0.3, 0.4) is 0 Å². The molecule has 0 amide bonds. The van der Waals surface area contributed by atoms with E-state index in [2.05, 4.69) is 15.1 Å². The van der Waals surface area contributed by atoms with E-state index in [9.17, 15) is 34.6 Å². The van der Waals surface area contributed by atoms with Crippen molar-refractivity contribution in [2.24, 2.45) is 5.14 Å². The number of piperazine rings is 1. The fourth-order valence-corrected chi connectivity index (χ4v) is 9.10. The summed E-state index contributed by atoms with van der Waals surface area (Å²) in [6, 6.07) is 11.3. The standard InChI is InChI=1S/C28H42F3N4O7PS3/c1-3-41-43(36,42-4-2)20-8-14-34-16-18-35(19-17-34)15-13-23(22-44-24-9-6-5-7-10-24)33-26-12-11-25(46(32,39)40)21-27(26)45(37,38)28(29,30)31/h5-7,9-12,21,23,33H,3-4,8,13-20,22H2,1-2H3,(H2,32,39,40). The maximum atomic E-state index is 13.6. The molecule has 0 aliphatic carbocycles. The fraction of sp³-hybridized carbons (Fsp3) is 0.571. The molecule has 1 aliphatic rings. The number of halogens is 3. The quantitative estimate of drug-likeness (QED) is 0.160. The summed E-state index contributed by atoms with van der Waals surface area (Å²) in [5.74, 6) is 0.395. The first-order valence-electron chi connectivity index (χ1n) is 14.8. The van der Waals surface area contributed by atoms with Crippen LogP contribution in [0.5, 0.6) is 0 Å². The Kier molecular flexibility index (Phi) is 14.4. The summed E-state index contributed by atoms with van der Waals surface area (Å²) in [5, 5.41) is 8.05. The van der Waals surface area contributed by atoms with E-state index >= 15 is 0 Å². The zero-order valence-corrected chi connectivity index (χ0v) is 29.2. The number of rotatable bonds is 18. The van der Waals surface area contributed by atoms with E-state index in [1.807, 2.05) is 30.3 Å². The third-order valence-electron chi connectivity index (χ3n) is 7.25. The molecule has 11 nitrogen and oxygen atoms in total. The maximum Gasteiger partial charge on any atom is 0.501 e. The lowest BCUT2D eigenvalue weighted by molar-refractivity contribution is -0.0435. The normalized spacial score (nSPS) is 16.4. The number of benzene rings is 2. The van der Waals surface area contributed by atoms with Gasteiger partial charge in [0.15, 0.2) is 0 Å². The van der Waals surface area contributed by atoms with Gasteiger partial charge in [-0.05, 0) is 63.6 Å². The molecule has 1 fully saturated rings. The Morgan fingerprint density at radius 2 is 1.54 bits per heavy atom. The molecule has 1 unspecified atom stereocenters. The van der Waals surface area contributed by atoms with E-state index in [-0.39, 0.29) is 5.69 Å². The van der Waals surface area contributed by atoms with Crippen molar-refractivity contribution < 1.29 is 43.6 Å². The van der Waals surface area contributed by atoms with Gasteiger partial charge in [-0.1, -0.05) is 18.2 Å². The first kappa shape index (κ1) is 38.8. The predicted molar refractivity (Wildman–Crippen MR) is 173 cm³/mol. The first-order valence-corrected chi connectivity index (χ1v) is 20.6. The molecule has 0 saturated carbocycles. The van der Waals surface area contributed by atoms with Crippen molar-refractivity contribution in [1.82, 2.24) is 9.80 Å². The number of sulfone groups is 1. The Bertz CT molecular complexity index is 1520. The van der Waals surface area contributed by atoms with Crippen molar-refractivity contribution in [2.45, 2.75) is 52.9 Å². The Labute approximate surface area is 273 Å². The zero-order valence-electron chi connectivity index (χ0n) is 25.8. The molecule has 1 atom stereocenters. The van der Waals surface area contributed by atoms with E-state index in [1.54, 1.807) is 13.8 Å². The van der Waals surface area contributed by atoms with Crippen LogP contribution in [0.15, 0.2) is 63.2 Å². The number of alkyl halides is 3. The summed E-state index contributed by atoms with van der Waals surface area (Å²) in [5.41, 5.74) is -6.01. The topological polar surface area (TPSA) is 148 Å². The van der Waals surface area contributed by atoms with Crippen LogP contribution in [0.2, 0.25) is 0 Å².